The first-order valence-electron chi connectivity index (χ1n) is 3.85. The number of ketones is 1. The maximum atomic E-state index is 10.7. The predicted octanol–water partition coefficient (Wildman–Crippen LogP) is 2.89. The van der Waals surface area contributed by atoms with Crippen molar-refractivity contribution >= 4 is 39.8 Å². The SMILES string of the molecule is CC(=O)C(Cl)=NNc1ccc(Cl)cc1. The molecule has 14 heavy (non-hydrogen) atoms. The van der Waals surface area contributed by atoms with Crippen LogP contribution in [0, 0.1) is 0 Å². The largest absolute Gasteiger partial charge is 0.292 e. The number of Topliss-reactive ketones (excluding diaryl/α,β-unsaturated/α-hetero) is 1. The van der Waals surface area contributed by atoms with E-state index in [4.69, 9.17) is 23.2 Å². The van der Waals surface area contributed by atoms with Crippen LogP contribution in [-0.2, 0) is 4.79 Å². The molecule has 0 aliphatic carbocycles. The van der Waals surface area contributed by atoms with Crippen molar-refractivity contribution in [1.82, 2.24) is 0 Å². The first-order valence-corrected chi connectivity index (χ1v) is 4.61. The van der Waals surface area contributed by atoms with Crippen molar-refractivity contribution in [2.75, 3.05) is 5.43 Å². The molecule has 5 heteroatoms. The summed E-state index contributed by atoms with van der Waals surface area (Å²) in [5, 5.41) is 4.22. The summed E-state index contributed by atoms with van der Waals surface area (Å²) in [6, 6.07) is 6.88. The number of hydrogen-bond acceptors (Lipinski definition) is 3. The third kappa shape index (κ3) is 3.36. The monoisotopic (exact) mass is 230 g/mol. The molecule has 1 aromatic rings. The Balaban J connectivity index is 2.66. The second-order valence-electron chi connectivity index (χ2n) is 2.58. The van der Waals surface area contributed by atoms with E-state index >= 15 is 0 Å². The molecule has 0 unspecified atom stereocenters. The van der Waals surface area contributed by atoms with Gasteiger partial charge >= 0.3 is 0 Å². The van der Waals surface area contributed by atoms with E-state index in [1.165, 1.54) is 6.92 Å². The third-order valence-corrected chi connectivity index (χ3v) is 2.02. The van der Waals surface area contributed by atoms with Gasteiger partial charge in [-0.1, -0.05) is 23.2 Å². The molecule has 74 valence electrons. The van der Waals surface area contributed by atoms with Crippen molar-refractivity contribution in [3.05, 3.63) is 29.3 Å². The fraction of sp³-hybridized carbons (Fsp3) is 0.111. The molecule has 0 fully saturated rings. The zero-order chi connectivity index (χ0) is 10.6. The molecule has 0 aromatic heterocycles. The fourth-order valence-electron chi connectivity index (χ4n) is 0.717. The molecule has 0 radical (unpaired) electrons. The minimum atomic E-state index is -0.284. The molecule has 0 aliphatic rings. The molecule has 0 bridgehead atoms. The number of rotatable bonds is 3. The van der Waals surface area contributed by atoms with Gasteiger partial charge in [0.05, 0.1) is 5.69 Å². The van der Waals surface area contributed by atoms with E-state index in [0.29, 0.717) is 10.7 Å². The van der Waals surface area contributed by atoms with Crippen molar-refractivity contribution < 1.29 is 4.79 Å². The van der Waals surface area contributed by atoms with Gasteiger partial charge in [-0.15, -0.1) is 0 Å². The second kappa shape index (κ2) is 4.98. The molecule has 0 saturated heterocycles. The van der Waals surface area contributed by atoms with Gasteiger partial charge in [-0.2, -0.15) is 5.10 Å². The number of nitrogens with zero attached hydrogens (tertiary/aromatic N) is 1. The Morgan fingerprint density at radius 2 is 1.93 bits per heavy atom. The number of anilines is 1. The normalized spacial score (nSPS) is 11.2. The highest BCUT2D eigenvalue weighted by Gasteiger charge is 1.99. The minimum absolute atomic E-state index is 0.0834. The lowest BCUT2D eigenvalue weighted by molar-refractivity contribution is -0.110. The van der Waals surface area contributed by atoms with Crippen molar-refractivity contribution in [1.29, 1.82) is 0 Å². The molecule has 1 N–H and O–H groups in total. The quantitative estimate of drug-likeness (QED) is 0.641. The topological polar surface area (TPSA) is 41.5 Å². The van der Waals surface area contributed by atoms with Gasteiger partial charge in [-0.05, 0) is 24.3 Å². The van der Waals surface area contributed by atoms with Crippen molar-refractivity contribution in [3.8, 4) is 0 Å². The Labute approximate surface area is 91.7 Å². The van der Waals surface area contributed by atoms with Crippen LogP contribution < -0.4 is 5.43 Å². The van der Waals surface area contributed by atoms with E-state index in [1.54, 1.807) is 24.3 Å². The summed E-state index contributed by atoms with van der Waals surface area (Å²) in [6.07, 6.45) is 0. The van der Waals surface area contributed by atoms with Gasteiger partial charge in [-0.3, -0.25) is 10.2 Å². The molecule has 0 aliphatic heterocycles. The summed E-state index contributed by atoms with van der Waals surface area (Å²) in [7, 11) is 0. The standard InChI is InChI=1S/C9H8Cl2N2O/c1-6(14)9(11)13-12-8-4-2-7(10)3-5-8/h2-5,12H,1H3. The fourth-order valence-corrected chi connectivity index (χ4v) is 0.885. The summed E-state index contributed by atoms with van der Waals surface area (Å²) in [4.78, 5) is 10.7. The van der Waals surface area contributed by atoms with Crippen molar-refractivity contribution in [2.24, 2.45) is 5.10 Å². The molecule has 3 nitrogen and oxygen atoms in total. The number of halogens is 2. The molecule has 0 saturated carbocycles. The molecule has 0 amide bonds. The van der Waals surface area contributed by atoms with Crippen molar-refractivity contribution in [3.63, 3.8) is 0 Å². The van der Waals surface area contributed by atoms with Gasteiger partial charge in [0.25, 0.3) is 0 Å². The molecule has 0 spiro atoms. The lowest BCUT2D eigenvalue weighted by Crippen LogP contribution is -2.04. The van der Waals surface area contributed by atoms with Gasteiger partial charge in [-0.25, -0.2) is 0 Å². The van der Waals surface area contributed by atoms with Crippen molar-refractivity contribution in [2.45, 2.75) is 6.92 Å². The maximum absolute atomic E-state index is 10.7. The van der Waals surface area contributed by atoms with E-state index in [9.17, 15) is 4.79 Å². The molecule has 0 heterocycles. The number of carbonyl (C=O) groups excluding carboxylic acids is 1. The Morgan fingerprint density at radius 3 is 2.43 bits per heavy atom. The number of nitrogens with one attached hydrogen (secondary N) is 1. The first-order chi connectivity index (χ1) is 6.59. The van der Waals surface area contributed by atoms with E-state index in [0.717, 1.165) is 0 Å². The minimum Gasteiger partial charge on any atom is -0.292 e. The average Bonchev–Trinajstić information content (AvgIpc) is 2.16. The van der Waals surface area contributed by atoms with Crippen LogP contribution in [0.1, 0.15) is 6.92 Å². The van der Waals surface area contributed by atoms with Crippen LogP contribution in [0.25, 0.3) is 0 Å². The third-order valence-electron chi connectivity index (χ3n) is 1.42. The van der Waals surface area contributed by atoms with E-state index in [1.807, 2.05) is 0 Å². The highest BCUT2D eigenvalue weighted by Crippen LogP contribution is 2.13. The highest BCUT2D eigenvalue weighted by molar-refractivity contribution is 6.82. The Bertz CT molecular complexity index is 360. The van der Waals surface area contributed by atoms with Crippen LogP contribution in [0.3, 0.4) is 0 Å². The molecule has 1 rings (SSSR count). The Kier molecular flexibility index (Phi) is 3.92. The second-order valence-corrected chi connectivity index (χ2v) is 3.37. The van der Waals surface area contributed by atoms with Crippen LogP contribution >= 0.6 is 23.2 Å². The average molecular weight is 231 g/mol. The maximum Gasteiger partial charge on any atom is 0.191 e. The summed E-state index contributed by atoms with van der Waals surface area (Å²) in [5.41, 5.74) is 3.35. The number of carbonyl (C=O) groups is 1. The van der Waals surface area contributed by atoms with E-state index < -0.39 is 0 Å². The van der Waals surface area contributed by atoms with Gasteiger partial charge in [0.2, 0.25) is 0 Å². The molecular weight excluding hydrogens is 223 g/mol. The number of benzene rings is 1. The van der Waals surface area contributed by atoms with E-state index in [2.05, 4.69) is 10.5 Å². The van der Waals surface area contributed by atoms with Crippen LogP contribution in [-0.4, -0.2) is 11.0 Å². The summed E-state index contributed by atoms with van der Waals surface area (Å²) >= 11 is 11.2. The predicted molar refractivity (Wildman–Crippen MR) is 59.0 cm³/mol. The van der Waals surface area contributed by atoms with Crippen LogP contribution in [0.4, 0.5) is 5.69 Å². The van der Waals surface area contributed by atoms with Crippen LogP contribution in [0.5, 0.6) is 0 Å². The van der Waals surface area contributed by atoms with Crippen LogP contribution in [0.2, 0.25) is 5.02 Å². The summed E-state index contributed by atoms with van der Waals surface area (Å²) < 4.78 is 0. The van der Waals surface area contributed by atoms with E-state index in [-0.39, 0.29) is 11.0 Å². The lowest BCUT2D eigenvalue weighted by atomic mass is 10.3. The van der Waals surface area contributed by atoms with Gasteiger partial charge in [0.15, 0.2) is 11.0 Å². The molecular formula is C9H8Cl2N2O. The Morgan fingerprint density at radius 1 is 1.36 bits per heavy atom. The smallest absolute Gasteiger partial charge is 0.191 e. The zero-order valence-corrected chi connectivity index (χ0v) is 8.93. The van der Waals surface area contributed by atoms with Gasteiger partial charge in [0, 0.05) is 11.9 Å². The van der Waals surface area contributed by atoms with Gasteiger partial charge < -0.3 is 0 Å². The number of hydrogen-bond donors (Lipinski definition) is 1. The number of hydrazone groups is 1. The highest BCUT2D eigenvalue weighted by atomic mass is 35.5. The van der Waals surface area contributed by atoms with Gasteiger partial charge in [0.1, 0.15) is 0 Å². The first kappa shape index (κ1) is 11.0. The molecule has 0 atom stereocenters. The summed E-state index contributed by atoms with van der Waals surface area (Å²) in [5.74, 6) is -0.284. The Hall–Kier alpha value is -1.06. The molecule has 1 aromatic carbocycles. The van der Waals surface area contributed by atoms with Crippen LogP contribution in [0.15, 0.2) is 29.4 Å². The summed E-state index contributed by atoms with van der Waals surface area (Å²) in [6.45, 7) is 1.34. The lowest BCUT2D eigenvalue weighted by Gasteiger charge is -1.99. The zero-order valence-electron chi connectivity index (χ0n) is 7.42.